The molecule has 2 heteroatoms. The maximum absolute atomic E-state index is 2.35. The molecule has 143 valence electrons. The van der Waals surface area contributed by atoms with Crippen molar-refractivity contribution >= 4 is 13.2 Å². The van der Waals surface area contributed by atoms with Crippen LogP contribution in [0, 0.1) is 0 Å². The van der Waals surface area contributed by atoms with Gasteiger partial charge in [0.1, 0.15) is 0 Å². The quantitative estimate of drug-likeness (QED) is 0.219. The summed E-state index contributed by atoms with van der Waals surface area (Å²) >= 11 is 0. The van der Waals surface area contributed by atoms with Gasteiger partial charge in [0.05, 0.1) is 0 Å². The molecule has 2 rings (SSSR count). The molecule has 0 aromatic heterocycles. The monoisotopic (exact) mass is 389 g/mol. The van der Waals surface area contributed by atoms with E-state index in [9.17, 15) is 0 Å². The van der Waals surface area contributed by atoms with Crippen molar-refractivity contribution in [3.63, 3.8) is 0 Å². The van der Waals surface area contributed by atoms with Gasteiger partial charge in [-0.25, -0.2) is 12.1 Å². The van der Waals surface area contributed by atoms with Crippen molar-refractivity contribution in [3.8, 4) is 0 Å². The van der Waals surface area contributed by atoms with E-state index in [1.54, 1.807) is 5.30 Å². The molecule has 0 saturated heterocycles. The van der Waals surface area contributed by atoms with Gasteiger partial charge in [-0.15, -0.1) is 13.2 Å². The Morgan fingerprint density at radius 2 is 1.08 bits per heavy atom. The van der Waals surface area contributed by atoms with Crippen LogP contribution in [0.4, 0.5) is 0 Å². The third kappa shape index (κ3) is 12.1. The van der Waals surface area contributed by atoms with E-state index >= 15 is 0 Å². The Hall–Kier alpha value is -0.364. The molecule has 24 heavy (non-hydrogen) atoms. The van der Waals surface area contributed by atoms with Gasteiger partial charge >= 0.3 is 0 Å². The Morgan fingerprint density at radius 3 is 1.46 bits per heavy atom. The van der Waals surface area contributed by atoms with Crippen molar-refractivity contribution in [2.24, 2.45) is 0 Å². The molecule has 2 aromatic rings. The van der Waals surface area contributed by atoms with E-state index in [1.165, 1.54) is 63.7 Å². The molecule has 0 aliphatic heterocycles. The van der Waals surface area contributed by atoms with E-state index in [0.717, 1.165) is 0 Å². The molecule has 0 fully saturated rings. The molecular formula is C22H35CoP-6. The number of hydrogen-bond donors (Lipinski definition) is 0. The molecule has 0 heterocycles. The first-order valence-corrected chi connectivity index (χ1v) is 11.2. The molecule has 0 aliphatic rings. The van der Waals surface area contributed by atoms with E-state index in [2.05, 4.69) is 38.1 Å². The second kappa shape index (κ2) is 17.5. The van der Waals surface area contributed by atoms with Crippen LogP contribution in [0.2, 0.25) is 0 Å². The fourth-order valence-corrected chi connectivity index (χ4v) is 5.27. The average Bonchev–Trinajstić information content (AvgIpc) is 3.28. The van der Waals surface area contributed by atoms with E-state index < -0.39 is 0 Å². The predicted molar refractivity (Wildman–Crippen MR) is 109 cm³/mol. The van der Waals surface area contributed by atoms with Gasteiger partial charge < -0.3 is 30.3 Å². The third-order valence-corrected chi connectivity index (χ3v) is 6.87. The van der Waals surface area contributed by atoms with Crippen molar-refractivity contribution in [2.75, 3.05) is 12.3 Å². The molecule has 1 radical (unpaired) electrons. The minimum Gasteiger partial charge on any atom is -0.748 e. The molecule has 0 amide bonds. The average molecular weight is 389 g/mol. The topological polar surface area (TPSA) is 0 Å². The number of hydrogen-bond acceptors (Lipinski definition) is 0. The van der Waals surface area contributed by atoms with Gasteiger partial charge in [0.15, 0.2) is 0 Å². The van der Waals surface area contributed by atoms with Gasteiger partial charge in [0, 0.05) is 16.8 Å². The summed E-state index contributed by atoms with van der Waals surface area (Å²) in [6, 6.07) is 19.1. The summed E-state index contributed by atoms with van der Waals surface area (Å²) in [5.74, 6) is 0. The van der Waals surface area contributed by atoms with E-state index in [4.69, 9.17) is 0 Å². The summed E-state index contributed by atoms with van der Waals surface area (Å²) in [5, 5.41) is 1.65. The first-order chi connectivity index (χ1) is 11.4. The summed E-state index contributed by atoms with van der Waals surface area (Å²) in [6.07, 6.45) is 14.2. The van der Waals surface area contributed by atoms with E-state index in [-0.39, 0.29) is 24.7 Å². The maximum atomic E-state index is 2.35. The van der Waals surface area contributed by atoms with E-state index in [1.807, 2.05) is 30.3 Å². The molecule has 0 bridgehead atoms. The molecule has 0 N–H and O–H groups in total. The zero-order valence-electron chi connectivity index (χ0n) is 15.5. The molecule has 0 spiro atoms. The van der Waals surface area contributed by atoms with Crippen molar-refractivity contribution in [3.05, 3.63) is 54.6 Å². The predicted octanol–water partition coefficient (Wildman–Crippen LogP) is 7.08. The largest absolute Gasteiger partial charge is 0.748 e. The fraction of sp³-hybridized carbons (Fsp3) is 0.545. The number of unbranched alkanes of at least 4 members (excludes halogenated alkanes) is 6. The summed E-state index contributed by atoms with van der Waals surface area (Å²) in [6.45, 7) is 4.59. The van der Waals surface area contributed by atoms with Crippen molar-refractivity contribution < 1.29 is 16.8 Å². The normalized spacial score (nSPS) is 10.1. The van der Waals surface area contributed by atoms with Gasteiger partial charge in [-0.1, -0.05) is 52.4 Å². The van der Waals surface area contributed by atoms with Crippen LogP contribution in [-0.4, -0.2) is 12.3 Å². The molecule has 2 aromatic carbocycles. The van der Waals surface area contributed by atoms with Crippen molar-refractivity contribution in [1.82, 2.24) is 0 Å². The summed E-state index contributed by atoms with van der Waals surface area (Å²) < 4.78 is 0. The summed E-state index contributed by atoms with van der Waals surface area (Å²) in [7, 11) is 0.148. The smallest absolute Gasteiger partial charge is 0 e. The minimum atomic E-state index is 0. The van der Waals surface area contributed by atoms with Gasteiger partial charge in [-0.2, -0.15) is 12.1 Å². The van der Waals surface area contributed by atoms with Crippen LogP contribution in [0.5, 0.6) is 0 Å². The van der Waals surface area contributed by atoms with Crippen LogP contribution in [0.3, 0.4) is 0 Å². The summed E-state index contributed by atoms with van der Waals surface area (Å²) in [5.41, 5.74) is 0. The molecule has 0 saturated carbocycles. The van der Waals surface area contributed by atoms with Gasteiger partial charge in [0.2, 0.25) is 0 Å². The second-order valence-electron chi connectivity index (χ2n) is 6.21. The van der Waals surface area contributed by atoms with E-state index in [0.29, 0.717) is 0 Å². The van der Waals surface area contributed by atoms with Gasteiger partial charge in [-0.05, 0) is 25.2 Å². The zero-order chi connectivity index (χ0) is 16.6. The molecule has 0 aliphatic carbocycles. The van der Waals surface area contributed by atoms with Crippen molar-refractivity contribution in [2.45, 2.75) is 65.2 Å². The van der Waals surface area contributed by atoms with Crippen LogP contribution in [0.15, 0.2) is 54.6 Å². The standard InChI is InChI=1S/C17H30P.C5H5.Co/c1-3-5-7-11-15-18(16-12-8-6-4-2)17-13-9-10-14-17;1-2-4-5-3-1;/h9-10,13-14H,3-8,11-12,15-16H2,1-2H3;1-5H;/q-1;-5;. The minimum absolute atomic E-state index is 0. The summed E-state index contributed by atoms with van der Waals surface area (Å²) in [4.78, 5) is 0. The maximum Gasteiger partial charge on any atom is 0 e. The van der Waals surface area contributed by atoms with Gasteiger partial charge in [0.25, 0.3) is 0 Å². The SMILES string of the molecule is CCCCCCP(CCCCCC)[c-]1cccc1.[Co].[cH-]1[cH-][cH-][cH-][cH-]1. The zero-order valence-corrected chi connectivity index (χ0v) is 17.5. The first-order valence-electron chi connectivity index (χ1n) is 9.51. The Morgan fingerprint density at radius 1 is 0.667 bits per heavy atom. The van der Waals surface area contributed by atoms with Crippen LogP contribution >= 0.6 is 7.92 Å². The van der Waals surface area contributed by atoms with Gasteiger partial charge in [-0.3, -0.25) is 0 Å². The molecule has 0 nitrogen and oxygen atoms in total. The second-order valence-corrected chi connectivity index (χ2v) is 8.70. The Labute approximate surface area is 162 Å². The fourth-order valence-electron chi connectivity index (χ4n) is 2.72. The molecular weight excluding hydrogens is 354 g/mol. The molecule has 0 atom stereocenters. The van der Waals surface area contributed by atoms with Crippen LogP contribution < -0.4 is 5.30 Å². The number of rotatable bonds is 11. The Bertz CT molecular complexity index is 390. The molecule has 0 unspecified atom stereocenters. The third-order valence-electron chi connectivity index (χ3n) is 4.13. The van der Waals surface area contributed by atoms with Crippen molar-refractivity contribution in [1.29, 1.82) is 0 Å². The van der Waals surface area contributed by atoms with Crippen LogP contribution in [-0.2, 0) is 16.8 Å². The van der Waals surface area contributed by atoms with Crippen LogP contribution in [0.1, 0.15) is 65.2 Å². The first kappa shape index (κ1) is 23.6. The Balaban J connectivity index is 0.000000751. The van der Waals surface area contributed by atoms with Crippen LogP contribution in [0.25, 0.3) is 0 Å². The Kier molecular flexibility index (Phi) is 17.2.